The normalized spacial score (nSPS) is 19.9. The van der Waals surface area contributed by atoms with Crippen LogP contribution >= 0.6 is 0 Å². The Bertz CT molecular complexity index is 1090. The lowest BCUT2D eigenvalue weighted by atomic mass is 9.78. The molecular formula is C30H39NO7. The monoisotopic (exact) mass is 525 g/mol. The average Bonchev–Trinajstić information content (AvgIpc) is 3.32. The molecule has 0 radical (unpaired) electrons. The number of nitrogens with one attached hydrogen (secondary N) is 1. The van der Waals surface area contributed by atoms with Gasteiger partial charge in [-0.2, -0.15) is 0 Å². The van der Waals surface area contributed by atoms with E-state index in [1.807, 2.05) is 13.0 Å². The molecule has 8 nitrogen and oxygen atoms in total. The minimum Gasteiger partial charge on any atom is -0.459 e. The molecular weight excluding hydrogens is 486 g/mol. The van der Waals surface area contributed by atoms with Crippen LogP contribution in [0.15, 0.2) is 54.3 Å². The van der Waals surface area contributed by atoms with E-state index in [2.05, 4.69) is 47.8 Å². The third kappa shape index (κ3) is 6.81. The Labute approximate surface area is 224 Å². The Morgan fingerprint density at radius 3 is 2.61 bits per heavy atom. The highest BCUT2D eigenvalue weighted by Gasteiger charge is 2.39. The fourth-order valence-corrected chi connectivity index (χ4v) is 5.25. The van der Waals surface area contributed by atoms with Gasteiger partial charge >= 0.3 is 0 Å². The van der Waals surface area contributed by atoms with Crippen molar-refractivity contribution >= 4 is 5.91 Å². The van der Waals surface area contributed by atoms with Crippen molar-refractivity contribution in [2.24, 2.45) is 5.92 Å². The third-order valence-corrected chi connectivity index (χ3v) is 6.98. The smallest absolute Gasteiger partial charge is 0.286 e. The molecule has 1 aliphatic heterocycles. The zero-order chi connectivity index (χ0) is 26.7. The molecule has 0 spiro atoms. The van der Waals surface area contributed by atoms with Gasteiger partial charge in [0.1, 0.15) is 0 Å². The first kappa shape index (κ1) is 28.3. The Morgan fingerprint density at radius 2 is 1.82 bits per heavy atom. The number of benzene rings is 2. The summed E-state index contributed by atoms with van der Waals surface area (Å²) in [5.74, 6) is -0.156. The molecule has 2 aromatic rings. The van der Waals surface area contributed by atoms with E-state index in [0.29, 0.717) is 52.6 Å². The van der Waals surface area contributed by atoms with E-state index >= 15 is 0 Å². The van der Waals surface area contributed by atoms with Crippen LogP contribution in [0.3, 0.4) is 0 Å². The topological polar surface area (TPSA) is 95.5 Å². The summed E-state index contributed by atoms with van der Waals surface area (Å²) in [5.41, 5.74) is 6.29. The average molecular weight is 526 g/mol. The third-order valence-electron chi connectivity index (χ3n) is 6.98. The van der Waals surface area contributed by atoms with Crippen molar-refractivity contribution in [1.29, 1.82) is 0 Å². The van der Waals surface area contributed by atoms with Crippen LogP contribution in [0.1, 0.15) is 36.0 Å². The highest BCUT2D eigenvalue weighted by Crippen LogP contribution is 2.45. The molecule has 2 aromatic carbocycles. The molecule has 206 valence electrons. The minimum atomic E-state index is -0.591. The van der Waals surface area contributed by atoms with Gasteiger partial charge in [-0.1, -0.05) is 42.5 Å². The lowest BCUT2D eigenvalue weighted by Gasteiger charge is -2.37. The summed E-state index contributed by atoms with van der Waals surface area (Å²) in [6, 6.07) is 14.9. The first-order valence-electron chi connectivity index (χ1n) is 13.4. The van der Waals surface area contributed by atoms with Crippen LogP contribution in [0.2, 0.25) is 0 Å². The molecule has 1 heterocycles. The first-order valence-corrected chi connectivity index (χ1v) is 13.4. The van der Waals surface area contributed by atoms with Crippen LogP contribution in [0.4, 0.5) is 0 Å². The van der Waals surface area contributed by atoms with Crippen molar-refractivity contribution in [2.75, 3.05) is 59.9 Å². The number of ether oxygens (including phenoxy) is 5. The number of fused-ring (bicyclic) bond motifs is 3. The molecule has 0 unspecified atom stereocenters. The molecule has 4 rings (SSSR count). The van der Waals surface area contributed by atoms with E-state index in [1.54, 1.807) is 7.11 Å². The number of aliphatic hydroxyl groups excluding tert-OH is 1. The van der Waals surface area contributed by atoms with E-state index in [9.17, 15) is 4.79 Å². The first-order chi connectivity index (χ1) is 18.7. The van der Waals surface area contributed by atoms with Gasteiger partial charge in [-0.05, 0) is 53.7 Å². The van der Waals surface area contributed by atoms with E-state index in [0.717, 1.165) is 6.42 Å². The van der Waals surface area contributed by atoms with Crippen molar-refractivity contribution in [3.05, 3.63) is 71.0 Å². The SMILES string of the molecule is CCO[C@H]1OC(C(=O)NCCOC)=C[C@@H](c2cccc3c2Cc2ccccc2-3)[C@H]1CCOCCOCCO. The van der Waals surface area contributed by atoms with E-state index < -0.39 is 6.29 Å². The maximum absolute atomic E-state index is 13.0. The van der Waals surface area contributed by atoms with Gasteiger partial charge in [-0.25, -0.2) is 0 Å². The van der Waals surface area contributed by atoms with Crippen LogP contribution in [0.25, 0.3) is 11.1 Å². The maximum Gasteiger partial charge on any atom is 0.286 e. The molecule has 2 aliphatic rings. The number of hydrogen-bond donors (Lipinski definition) is 2. The van der Waals surface area contributed by atoms with Gasteiger partial charge in [0.15, 0.2) is 5.76 Å². The number of rotatable bonds is 15. The van der Waals surface area contributed by atoms with Gasteiger partial charge in [-0.3, -0.25) is 4.79 Å². The highest BCUT2D eigenvalue weighted by molar-refractivity contribution is 5.91. The van der Waals surface area contributed by atoms with E-state index in [4.69, 9.17) is 28.8 Å². The molecule has 0 fully saturated rings. The second kappa shape index (κ2) is 14.4. The predicted molar refractivity (Wildman–Crippen MR) is 144 cm³/mol. The Hall–Kier alpha value is -2.75. The summed E-state index contributed by atoms with van der Waals surface area (Å²) in [4.78, 5) is 13.0. The molecule has 8 heteroatoms. The number of amides is 1. The Balaban J connectivity index is 1.62. The largest absolute Gasteiger partial charge is 0.459 e. The summed E-state index contributed by atoms with van der Waals surface area (Å²) in [6.07, 6.45) is 2.89. The van der Waals surface area contributed by atoms with Crippen LogP contribution in [-0.2, 0) is 34.9 Å². The van der Waals surface area contributed by atoms with Crippen LogP contribution in [-0.4, -0.2) is 77.2 Å². The van der Waals surface area contributed by atoms with E-state index in [1.165, 1.54) is 27.8 Å². The van der Waals surface area contributed by atoms with Gasteiger partial charge in [0.2, 0.25) is 6.29 Å². The lowest BCUT2D eigenvalue weighted by Crippen LogP contribution is -2.40. The molecule has 0 aromatic heterocycles. The van der Waals surface area contributed by atoms with Gasteiger partial charge in [0.25, 0.3) is 5.91 Å². The molecule has 1 amide bonds. The number of methoxy groups -OCH3 is 1. The van der Waals surface area contributed by atoms with Crippen LogP contribution in [0, 0.1) is 5.92 Å². The van der Waals surface area contributed by atoms with Crippen molar-refractivity contribution in [2.45, 2.75) is 32.0 Å². The highest BCUT2D eigenvalue weighted by atomic mass is 16.7. The van der Waals surface area contributed by atoms with Crippen LogP contribution in [0.5, 0.6) is 0 Å². The zero-order valence-corrected chi connectivity index (χ0v) is 22.3. The summed E-state index contributed by atoms with van der Waals surface area (Å²) < 4.78 is 28.4. The number of aliphatic hydroxyl groups is 1. The molecule has 38 heavy (non-hydrogen) atoms. The van der Waals surface area contributed by atoms with Crippen LogP contribution < -0.4 is 5.32 Å². The van der Waals surface area contributed by atoms with Crippen molar-refractivity contribution in [3.8, 4) is 11.1 Å². The predicted octanol–water partition coefficient (Wildman–Crippen LogP) is 3.41. The fraction of sp³-hybridized carbons (Fsp3) is 0.500. The summed E-state index contributed by atoms with van der Waals surface area (Å²) >= 11 is 0. The molecule has 2 N–H and O–H groups in total. The summed E-state index contributed by atoms with van der Waals surface area (Å²) in [7, 11) is 1.60. The van der Waals surface area contributed by atoms with Crippen molar-refractivity contribution in [1.82, 2.24) is 5.32 Å². The van der Waals surface area contributed by atoms with Crippen molar-refractivity contribution < 1.29 is 33.6 Å². The molecule has 1 aliphatic carbocycles. The molecule has 3 atom stereocenters. The zero-order valence-electron chi connectivity index (χ0n) is 22.3. The lowest BCUT2D eigenvalue weighted by molar-refractivity contribution is -0.168. The summed E-state index contributed by atoms with van der Waals surface area (Å²) in [6.45, 7) is 4.86. The Kier molecular flexibility index (Phi) is 10.7. The summed E-state index contributed by atoms with van der Waals surface area (Å²) in [5, 5.41) is 11.7. The Morgan fingerprint density at radius 1 is 1.03 bits per heavy atom. The van der Waals surface area contributed by atoms with Gasteiger partial charge in [0, 0.05) is 38.7 Å². The second-order valence-electron chi connectivity index (χ2n) is 9.36. The number of allylic oxidation sites excluding steroid dienone is 1. The number of hydrogen-bond acceptors (Lipinski definition) is 7. The maximum atomic E-state index is 13.0. The fourth-order valence-electron chi connectivity index (χ4n) is 5.25. The van der Waals surface area contributed by atoms with Gasteiger partial charge < -0.3 is 34.1 Å². The van der Waals surface area contributed by atoms with Gasteiger partial charge in [0.05, 0.1) is 33.0 Å². The van der Waals surface area contributed by atoms with E-state index in [-0.39, 0.29) is 30.1 Å². The molecule has 0 saturated heterocycles. The quantitative estimate of drug-likeness (QED) is 0.294. The second-order valence-corrected chi connectivity index (χ2v) is 9.36. The van der Waals surface area contributed by atoms with Crippen molar-refractivity contribution in [3.63, 3.8) is 0 Å². The number of carbonyl (C=O) groups excluding carboxylic acids is 1. The standard InChI is InChI=1S/C30H39NO7/c1-3-37-30-25(11-14-35-17-18-36-16-13-32)27(20-28(38-30)29(33)31-12-15-34-2)24-10-6-9-23-22-8-5-4-7-21(22)19-26(23)24/h4-10,20,25,27,30,32H,3,11-19H2,1-2H3,(H,31,33)/t25-,27+,30+/m1/s1. The number of carbonyl (C=O) groups is 1. The van der Waals surface area contributed by atoms with Gasteiger partial charge in [-0.15, -0.1) is 0 Å². The molecule has 0 bridgehead atoms. The minimum absolute atomic E-state index is 0.00386. The molecule has 0 saturated carbocycles.